The Bertz CT molecular complexity index is 369. The van der Waals surface area contributed by atoms with Crippen molar-refractivity contribution in [2.24, 2.45) is 0 Å². The molecule has 1 aromatic rings. The smallest absolute Gasteiger partial charge is 0.00442 e. The van der Waals surface area contributed by atoms with E-state index in [-0.39, 0.29) is 0 Å². The lowest BCUT2D eigenvalue weighted by Gasteiger charge is -2.36. The summed E-state index contributed by atoms with van der Waals surface area (Å²) in [7, 11) is 0. The average molecular weight is 288 g/mol. The second-order valence-corrected chi connectivity index (χ2v) is 6.60. The van der Waals surface area contributed by atoms with E-state index in [2.05, 4.69) is 52.0 Å². The Kier molecular flexibility index (Phi) is 8.73. The van der Waals surface area contributed by atoms with E-state index < -0.39 is 0 Å². The van der Waals surface area contributed by atoms with Crippen LogP contribution in [0.5, 0.6) is 0 Å². The summed E-state index contributed by atoms with van der Waals surface area (Å²) in [5, 5.41) is 0. The van der Waals surface area contributed by atoms with Gasteiger partial charge in [0.2, 0.25) is 0 Å². The minimum absolute atomic E-state index is 0.375. The van der Waals surface area contributed by atoms with E-state index in [0.717, 1.165) is 0 Å². The molecule has 0 aliphatic carbocycles. The first-order chi connectivity index (χ1) is 10.2. The van der Waals surface area contributed by atoms with Gasteiger partial charge >= 0.3 is 0 Å². The Labute approximate surface area is 133 Å². The van der Waals surface area contributed by atoms with Crippen molar-refractivity contribution >= 4 is 0 Å². The molecular formula is C21H35. The quantitative estimate of drug-likeness (QED) is 0.382. The zero-order chi connectivity index (χ0) is 15.6. The van der Waals surface area contributed by atoms with E-state index in [1.54, 1.807) is 0 Å². The van der Waals surface area contributed by atoms with Crippen LogP contribution in [0.1, 0.15) is 96.1 Å². The lowest BCUT2D eigenvalue weighted by atomic mass is 9.68. The largest absolute Gasteiger partial charge is 0.0654 e. The molecule has 119 valence electrons. The van der Waals surface area contributed by atoms with Crippen LogP contribution in [0.2, 0.25) is 0 Å². The molecular weight excluding hydrogens is 252 g/mol. The summed E-state index contributed by atoms with van der Waals surface area (Å²) in [5.74, 6) is 0. The predicted molar refractivity (Wildman–Crippen MR) is 95.8 cm³/mol. The first kappa shape index (κ1) is 18.3. The molecule has 0 atom stereocenters. The Hall–Kier alpha value is -0.780. The number of unbranched alkanes of at least 4 members (excludes halogenated alkanes) is 4. The molecule has 0 nitrogen and oxygen atoms in total. The summed E-state index contributed by atoms with van der Waals surface area (Å²) in [6, 6.07) is 8.88. The van der Waals surface area contributed by atoms with Crippen LogP contribution in [0.3, 0.4) is 0 Å². The van der Waals surface area contributed by atoms with Gasteiger partial charge in [-0.1, -0.05) is 90.0 Å². The summed E-state index contributed by atoms with van der Waals surface area (Å²) >= 11 is 0. The zero-order valence-corrected chi connectivity index (χ0v) is 14.6. The van der Waals surface area contributed by atoms with Crippen molar-refractivity contribution in [2.75, 3.05) is 0 Å². The number of rotatable bonds is 11. The molecule has 0 amide bonds. The Morgan fingerprint density at radius 1 is 0.762 bits per heavy atom. The second-order valence-electron chi connectivity index (χ2n) is 6.60. The number of benzene rings is 1. The predicted octanol–water partition coefficient (Wildman–Crippen LogP) is 7.07. The van der Waals surface area contributed by atoms with Crippen LogP contribution in [0.25, 0.3) is 0 Å². The highest BCUT2D eigenvalue weighted by molar-refractivity contribution is 5.36. The molecule has 0 heteroatoms. The zero-order valence-electron chi connectivity index (χ0n) is 14.6. The highest BCUT2D eigenvalue weighted by Crippen LogP contribution is 2.41. The molecule has 0 bridgehead atoms. The maximum absolute atomic E-state index is 4.33. The van der Waals surface area contributed by atoms with Crippen molar-refractivity contribution in [2.45, 2.75) is 90.4 Å². The SMILES string of the molecule is [CH2]c1ccccc1C(CCCC)(CCCC)CCCCC. The third-order valence-electron chi connectivity index (χ3n) is 4.87. The maximum Gasteiger partial charge on any atom is -0.00442 e. The van der Waals surface area contributed by atoms with Gasteiger partial charge in [-0.15, -0.1) is 0 Å². The monoisotopic (exact) mass is 287 g/mol. The van der Waals surface area contributed by atoms with E-state index >= 15 is 0 Å². The molecule has 0 spiro atoms. The van der Waals surface area contributed by atoms with Crippen molar-refractivity contribution in [3.8, 4) is 0 Å². The average Bonchev–Trinajstić information content (AvgIpc) is 2.50. The molecule has 0 aromatic heterocycles. The summed E-state index contributed by atoms with van der Waals surface area (Å²) in [6.45, 7) is 11.3. The van der Waals surface area contributed by atoms with Gasteiger partial charge in [-0.3, -0.25) is 0 Å². The van der Waals surface area contributed by atoms with Gasteiger partial charge in [-0.25, -0.2) is 0 Å². The van der Waals surface area contributed by atoms with E-state index in [0.29, 0.717) is 5.41 Å². The van der Waals surface area contributed by atoms with Gasteiger partial charge in [-0.05, 0) is 42.7 Å². The van der Waals surface area contributed by atoms with Crippen molar-refractivity contribution in [1.82, 2.24) is 0 Å². The molecule has 1 rings (SSSR count). The van der Waals surface area contributed by atoms with Crippen LogP contribution in [-0.4, -0.2) is 0 Å². The molecule has 0 aliphatic rings. The van der Waals surface area contributed by atoms with Gasteiger partial charge < -0.3 is 0 Å². The molecule has 0 unspecified atom stereocenters. The highest BCUT2D eigenvalue weighted by atomic mass is 14.4. The van der Waals surface area contributed by atoms with Crippen molar-refractivity contribution < 1.29 is 0 Å². The number of hydrogen-bond donors (Lipinski definition) is 0. The van der Waals surface area contributed by atoms with Gasteiger partial charge in [0.1, 0.15) is 0 Å². The van der Waals surface area contributed by atoms with Crippen LogP contribution in [0.15, 0.2) is 24.3 Å². The standard InChI is InChI=1S/C21H35/c1-5-8-13-18-21(16-9-6-2,17-10-7-3)20-15-12-11-14-19(20)4/h11-12,14-15H,4-10,13,16-18H2,1-3H3. The third kappa shape index (κ3) is 5.49. The first-order valence-corrected chi connectivity index (χ1v) is 9.11. The second kappa shape index (κ2) is 10.0. The molecule has 0 N–H and O–H groups in total. The van der Waals surface area contributed by atoms with Crippen LogP contribution in [0.4, 0.5) is 0 Å². The fraction of sp³-hybridized carbons (Fsp3) is 0.667. The van der Waals surface area contributed by atoms with E-state index in [9.17, 15) is 0 Å². The van der Waals surface area contributed by atoms with E-state index in [1.165, 1.54) is 75.3 Å². The van der Waals surface area contributed by atoms with Gasteiger partial charge in [0.05, 0.1) is 0 Å². The molecule has 1 aromatic carbocycles. The Morgan fingerprint density at radius 3 is 1.81 bits per heavy atom. The minimum Gasteiger partial charge on any atom is -0.0654 e. The van der Waals surface area contributed by atoms with Gasteiger partial charge in [-0.2, -0.15) is 0 Å². The maximum atomic E-state index is 4.33. The molecule has 21 heavy (non-hydrogen) atoms. The van der Waals surface area contributed by atoms with Crippen molar-refractivity contribution in [3.05, 3.63) is 42.3 Å². The van der Waals surface area contributed by atoms with Gasteiger partial charge in [0.15, 0.2) is 0 Å². The lowest BCUT2D eigenvalue weighted by molar-refractivity contribution is 0.306. The van der Waals surface area contributed by atoms with Crippen LogP contribution in [-0.2, 0) is 5.41 Å². The summed E-state index contributed by atoms with van der Waals surface area (Å²) < 4.78 is 0. The van der Waals surface area contributed by atoms with Gasteiger partial charge in [0, 0.05) is 0 Å². The summed E-state index contributed by atoms with van der Waals surface area (Å²) in [4.78, 5) is 0. The Balaban J connectivity index is 3.04. The molecule has 0 saturated heterocycles. The molecule has 1 radical (unpaired) electrons. The minimum atomic E-state index is 0.375. The normalized spacial score (nSPS) is 11.8. The molecule has 0 aliphatic heterocycles. The van der Waals surface area contributed by atoms with E-state index in [1.807, 2.05) is 0 Å². The number of hydrogen-bond acceptors (Lipinski definition) is 0. The lowest BCUT2D eigenvalue weighted by Crippen LogP contribution is -2.27. The third-order valence-corrected chi connectivity index (χ3v) is 4.87. The summed E-state index contributed by atoms with van der Waals surface area (Å²) in [6.07, 6.45) is 13.3. The fourth-order valence-electron chi connectivity index (χ4n) is 3.56. The molecule has 0 fully saturated rings. The van der Waals surface area contributed by atoms with Gasteiger partial charge in [0.25, 0.3) is 0 Å². The van der Waals surface area contributed by atoms with E-state index in [4.69, 9.17) is 0 Å². The van der Waals surface area contributed by atoms with Crippen LogP contribution < -0.4 is 0 Å². The van der Waals surface area contributed by atoms with Crippen molar-refractivity contribution in [3.63, 3.8) is 0 Å². The topological polar surface area (TPSA) is 0 Å². The summed E-state index contributed by atoms with van der Waals surface area (Å²) in [5.41, 5.74) is 3.16. The van der Waals surface area contributed by atoms with Crippen LogP contribution >= 0.6 is 0 Å². The van der Waals surface area contributed by atoms with Crippen LogP contribution in [0, 0.1) is 6.92 Å². The molecule has 0 saturated carbocycles. The Morgan fingerprint density at radius 2 is 1.29 bits per heavy atom. The first-order valence-electron chi connectivity index (χ1n) is 9.11. The highest BCUT2D eigenvalue weighted by Gasteiger charge is 2.31. The fourth-order valence-corrected chi connectivity index (χ4v) is 3.56. The molecule has 0 heterocycles. The van der Waals surface area contributed by atoms with Crippen molar-refractivity contribution in [1.29, 1.82) is 0 Å².